The second kappa shape index (κ2) is 4.23. The summed E-state index contributed by atoms with van der Waals surface area (Å²) in [5, 5.41) is -0.0179. The molecule has 0 saturated carbocycles. The average molecular weight is 222 g/mol. The van der Waals surface area contributed by atoms with Crippen molar-refractivity contribution in [3.05, 3.63) is 28.8 Å². The molecule has 1 rings (SSSR count). The van der Waals surface area contributed by atoms with E-state index in [-0.39, 0.29) is 16.3 Å². The van der Waals surface area contributed by atoms with Gasteiger partial charge in [-0.15, -0.1) is 0 Å². The molecule has 0 aromatic heterocycles. The van der Waals surface area contributed by atoms with E-state index in [0.717, 1.165) is 6.07 Å². The Morgan fingerprint density at radius 1 is 1.50 bits per heavy atom. The van der Waals surface area contributed by atoms with Crippen molar-refractivity contribution in [2.45, 2.75) is 6.61 Å². The molecule has 0 unspecified atom stereocenters. The summed E-state index contributed by atoms with van der Waals surface area (Å²) >= 11 is 5.58. The summed E-state index contributed by atoms with van der Waals surface area (Å²) < 4.78 is 27.6. The van der Waals surface area contributed by atoms with Crippen molar-refractivity contribution in [2.75, 3.05) is 0 Å². The largest absolute Gasteiger partial charge is 0.435 e. The minimum atomic E-state index is -2.93. The molecule has 1 aromatic carbocycles. The van der Waals surface area contributed by atoms with Gasteiger partial charge in [-0.05, 0) is 18.2 Å². The highest BCUT2D eigenvalue weighted by molar-refractivity contribution is 6.33. The highest BCUT2D eigenvalue weighted by atomic mass is 35.5. The van der Waals surface area contributed by atoms with Gasteiger partial charge in [0, 0.05) is 0 Å². The van der Waals surface area contributed by atoms with Gasteiger partial charge < -0.3 is 10.5 Å². The van der Waals surface area contributed by atoms with E-state index in [4.69, 9.17) is 17.3 Å². The number of carbonyl (C=O) groups is 1. The van der Waals surface area contributed by atoms with E-state index >= 15 is 0 Å². The number of amides is 1. The molecule has 0 bridgehead atoms. The number of carbonyl (C=O) groups excluding carboxylic acids is 1. The minimum absolute atomic E-state index is 0.0179. The number of primary amides is 1. The second-order valence-corrected chi connectivity index (χ2v) is 2.79. The fourth-order valence-corrected chi connectivity index (χ4v) is 1.14. The lowest BCUT2D eigenvalue weighted by molar-refractivity contribution is -0.0498. The van der Waals surface area contributed by atoms with Crippen LogP contribution in [-0.2, 0) is 0 Å². The lowest BCUT2D eigenvalue weighted by atomic mass is 10.2. The molecule has 76 valence electrons. The normalized spacial score (nSPS) is 10.3. The smallest absolute Gasteiger partial charge is 0.387 e. The Kier molecular flexibility index (Phi) is 3.24. The van der Waals surface area contributed by atoms with Gasteiger partial charge in [0.2, 0.25) is 5.91 Å². The van der Waals surface area contributed by atoms with Crippen molar-refractivity contribution in [1.82, 2.24) is 0 Å². The molecule has 6 heteroatoms. The monoisotopic (exact) mass is 221 g/mol. The van der Waals surface area contributed by atoms with Gasteiger partial charge in [0.05, 0.1) is 10.6 Å². The Bertz CT molecular complexity index is 357. The van der Waals surface area contributed by atoms with Crippen LogP contribution in [0.4, 0.5) is 8.78 Å². The van der Waals surface area contributed by atoms with Gasteiger partial charge in [0.25, 0.3) is 0 Å². The minimum Gasteiger partial charge on any atom is -0.435 e. The topological polar surface area (TPSA) is 52.3 Å². The molecule has 1 aromatic rings. The van der Waals surface area contributed by atoms with Crippen LogP contribution in [0.15, 0.2) is 18.2 Å². The zero-order valence-electron chi connectivity index (χ0n) is 6.84. The maximum atomic E-state index is 11.8. The van der Waals surface area contributed by atoms with Crippen molar-refractivity contribution in [1.29, 1.82) is 0 Å². The van der Waals surface area contributed by atoms with Crippen molar-refractivity contribution in [3.63, 3.8) is 0 Å². The molecule has 0 aliphatic rings. The van der Waals surface area contributed by atoms with Crippen LogP contribution in [0, 0.1) is 0 Å². The second-order valence-electron chi connectivity index (χ2n) is 2.38. The number of halogens is 3. The molecule has 1 amide bonds. The maximum Gasteiger partial charge on any atom is 0.387 e. The molecular formula is C8H6ClF2NO2. The van der Waals surface area contributed by atoms with E-state index in [1.807, 2.05) is 0 Å². The Hall–Kier alpha value is -1.36. The van der Waals surface area contributed by atoms with Gasteiger partial charge in [-0.2, -0.15) is 8.78 Å². The maximum absolute atomic E-state index is 11.8. The third-order valence-corrected chi connectivity index (χ3v) is 1.74. The predicted molar refractivity (Wildman–Crippen MR) is 46.6 cm³/mol. The van der Waals surface area contributed by atoms with Gasteiger partial charge in [-0.25, -0.2) is 0 Å². The molecule has 0 aliphatic heterocycles. The van der Waals surface area contributed by atoms with Crippen molar-refractivity contribution < 1.29 is 18.3 Å². The molecule has 0 aliphatic carbocycles. The first-order valence-electron chi connectivity index (χ1n) is 3.55. The van der Waals surface area contributed by atoms with Crippen LogP contribution in [0.2, 0.25) is 5.02 Å². The lowest BCUT2D eigenvalue weighted by Crippen LogP contribution is -2.11. The number of rotatable bonds is 3. The molecule has 0 saturated heterocycles. The molecule has 2 N–H and O–H groups in total. The van der Waals surface area contributed by atoms with E-state index < -0.39 is 12.5 Å². The summed E-state index contributed by atoms with van der Waals surface area (Å²) in [6.45, 7) is -2.93. The Balaban J connectivity index is 2.94. The lowest BCUT2D eigenvalue weighted by Gasteiger charge is -2.05. The van der Waals surface area contributed by atoms with E-state index in [9.17, 15) is 13.6 Å². The van der Waals surface area contributed by atoms with E-state index in [0.29, 0.717) is 0 Å². The molecule has 0 atom stereocenters. The van der Waals surface area contributed by atoms with E-state index in [2.05, 4.69) is 4.74 Å². The van der Waals surface area contributed by atoms with E-state index in [1.54, 1.807) is 0 Å². The van der Waals surface area contributed by atoms with Gasteiger partial charge in [-0.3, -0.25) is 4.79 Å². The highest BCUT2D eigenvalue weighted by Crippen LogP contribution is 2.23. The Morgan fingerprint density at radius 2 is 2.14 bits per heavy atom. The molecule has 0 heterocycles. The molecule has 0 radical (unpaired) electrons. The summed E-state index contributed by atoms with van der Waals surface area (Å²) in [5.74, 6) is -0.839. The third-order valence-electron chi connectivity index (χ3n) is 1.43. The van der Waals surface area contributed by atoms with E-state index in [1.165, 1.54) is 12.1 Å². The van der Waals surface area contributed by atoms with Gasteiger partial charge in [-0.1, -0.05) is 11.6 Å². The van der Waals surface area contributed by atoms with Gasteiger partial charge in [0.15, 0.2) is 0 Å². The van der Waals surface area contributed by atoms with Crippen LogP contribution in [-0.4, -0.2) is 12.5 Å². The quantitative estimate of drug-likeness (QED) is 0.849. The zero-order valence-corrected chi connectivity index (χ0v) is 7.59. The van der Waals surface area contributed by atoms with Crippen LogP contribution >= 0.6 is 11.6 Å². The molecule has 0 fully saturated rings. The molecule has 14 heavy (non-hydrogen) atoms. The average Bonchev–Trinajstić information content (AvgIpc) is 2.01. The van der Waals surface area contributed by atoms with Crippen LogP contribution in [0.3, 0.4) is 0 Å². The number of hydrogen-bond donors (Lipinski definition) is 1. The molecule has 0 spiro atoms. The summed E-state index contributed by atoms with van der Waals surface area (Å²) in [4.78, 5) is 10.7. The van der Waals surface area contributed by atoms with Crippen molar-refractivity contribution >= 4 is 17.5 Å². The number of ether oxygens (including phenoxy) is 1. The van der Waals surface area contributed by atoms with Crippen LogP contribution in [0.25, 0.3) is 0 Å². The summed E-state index contributed by atoms with van der Waals surface area (Å²) in [6.07, 6.45) is 0. The summed E-state index contributed by atoms with van der Waals surface area (Å²) in [7, 11) is 0. The Morgan fingerprint density at radius 3 is 2.57 bits per heavy atom. The molecule has 3 nitrogen and oxygen atoms in total. The van der Waals surface area contributed by atoms with Crippen molar-refractivity contribution in [2.24, 2.45) is 5.73 Å². The van der Waals surface area contributed by atoms with Crippen molar-refractivity contribution in [3.8, 4) is 5.75 Å². The van der Waals surface area contributed by atoms with Crippen LogP contribution in [0.1, 0.15) is 10.4 Å². The standard InChI is InChI=1S/C8H6ClF2NO2/c9-6-3-4(14-8(10)11)1-2-5(6)7(12)13/h1-3,8H,(H2,12,13). The summed E-state index contributed by atoms with van der Waals surface area (Å²) in [5.41, 5.74) is 5.02. The first-order valence-corrected chi connectivity index (χ1v) is 3.92. The predicted octanol–water partition coefficient (Wildman–Crippen LogP) is 2.04. The first-order chi connectivity index (χ1) is 6.50. The SMILES string of the molecule is NC(=O)c1ccc(OC(F)F)cc1Cl. The zero-order chi connectivity index (χ0) is 10.7. The highest BCUT2D eigenvalue weighted by Gasteiger charge is 2.09. The fourth-order valence-electron chi connectivity index (χ4n) is 0.872. The Labute approximate surface area is 83.4 Å². The molecular weight excluding hydrogens is 216 g/mol. The number of nitrogens with two attached hydrogens (primary N) is 1. The van der Waals surface area contributed by atoms with Gasteiger partial charge in [0.1, 0.15) is 5.75 Å². The fraction of sp³-hybridized carbons (Fsp3) is 0.125. The number of alkyl halides is 2. The third kappa shape index (κ3) is 2.56. The number of hydrogen-bond acceptors (Lipinski definition) is 2. The van der Waals surface area contributed by atoms with Gasteiger partial charge >= 0.3 is 6.61 Å². The van der Waals surface area contributed by atoms with Crippen LogP contribution in [0.5, 0.6) is 5.75 Å². The first kappa shape index (κ1) is 10.7. The van der Waals surface area contributed by atoms with Crippen LogP contribution < -0.4 is 10.5 Å². The summed E-state index contributed by atoms with van der Waals surface area (Å²) in [6, 6.07) is 3.52. The number of benzene rings is 1.